The fourth-order valence-electron chi connectivity index (χ4n) is 2.96. The molecular formula is C15H23F3N4O2. The number of rotatable bonds is 5. The maximum atomic E-state index is 12.5. The minimum atomic E-state index is -4.41. The van der Waals surface area contributed by atoms with Gasteiger partial charge in [0.05, 0.1) is 6.42 Å². The number of amides is 1. The highest BCUT2D eigenvalue weighted by atomic mass is 19.4. The van der Waals surface area contributed by atoms with E-state index in [1.165, 1.54) is 6.20 Å². The van der Waals surface area contributed by atoms with Crippen molar-refractivity contribution in [3.8, 4) is 0 Å². The molecule has 1 aliphatic heterocycles. The summed E-state index contributed by atoms with van der Waals surface area (Å²) in [7, 11) is 3.98. The fraction of sp³-hybridized carbons (Fsp3) is 0.733. The van der Waals surface area contributed by atoms with Gasteiger partial charge >= 0.3 is 6.18 Å². The van der Waals surface area contributed by atoms with Gasteiger partial charge < -0.3 is 19.5 Å². The molecule has 1 aromatic heterocycles. The number of aliphatic hydroxyl groups excluding tert-OH is 1. The van der Waals surface area contributed by atoms with Crippen molar-refractivity contribution in [2.24, 2.45) is 0 Å². The summed E-state index contributed by atoms with van der Waals surface area (Å²) in [6.45, 7) is -0.0569. The van der Waals surface area contributed by atoms with Gasteiger partial charge in [0.25, 0.3) is 0 Å². The summed E-state index contributed by atoms with van der Waals surface area (Å²) in [5, 5.41) is 10.1. The first kappa shape index (κ1) is 18.7. The van der Waals surface area contributed by atoms with Crippen LogP contribution in [0.15, 0.2) is 12.4 Å². The van der Waals surface area contributed by atoms with E-state index in [0.29, 0.717) is 19.1 Å². The molecule has 2 heterocycles. The van der Waals surface area contributed by atoms with Gasteiger partial charge in [-0.05, 0) is 26.9 Å². The highest BCUT2D eigenvalue weighted by Crippen LogP contribution is 2.23. The summed E-state index contributed by atoms with van der Waals surface area (Å²) in [6, 6.07) is 0.421. The molecule has 1 saturated heterocycles. The second-order valence-corrected chi connectivity index (χ2v) is 6.32. The zero-order valence-corrected chi connectivity index (χ0v) is 13.8. The number of aromatic nitrogens is 2. The van der Waals surface area contributed by atoms with E-state index >= 15 is 0 Å². The standard InChI is InChI=1S/C15H23F3N4O2/c1-20(2)11-3-6-21(7-4-11)13(24)9-12(23)14-19-5-8-22(14)10-15(16,17)18/h5,8,11-12,23H,3-4,6-7,9-10H2,1-2H3/t12-/m0/s1. The van der Waals surface area contributed by atoms with Crippen molar-refractivity contribution in [3.63, 3.8) is 0 Å². The largest absolute Gasteiger partial charge is 0.406 e. The number of halogens is 3. The van der Waals surface area contributed by atoms with Gasteiger partial charge in [-0.2, -0.15) is 13.2 Å². The molecule has 0 aliphatic carbocycles. The third-order valence-electron chi connectivity index (χ3n) is 4.31. The van der Waals surface area contributed by atoms with Crippen molar-refractivity contribution < 1.29 is 23.1 Å². The van der Waals surface area contributed by atoms with Crippen LogP contribution in [0.5, 0.6) is 0 Å². The van der Waals surface area contributed by atoms with E-state index in [0.717, 1.165) is 23.6 Å². The number of imidazole rings is 1. The molecular weight excluding hydrogens is 325 g/mol. The van der Waals surface area contributed by atoms with Gasteiger partial charge in [0.1, 0.15) is 18.5 Å². The Labute approximate surface area is 138 Å². The summed E-state index contributed by atoms with van der Waals surface area (Å²) in [6.07, 6.45) is -1.98. The molecule has 9 heteroatoms. The number of hydrogen-bond acceptors (Lipinski definition) is 4. The van der Waals surface area contributed by atoms with Crippen molar-refractivity contribution >= 4 is 5.91 Å². The molecule has 0 bridgehead atoms. The maximum absolute atomic E-state index is 12.5. The molecule has 0 unspecified atom stereocenters. The molecule has 24 heavy (non-hydrogen) atoms. The zero-order valence-electron chi connectivity index (χ0n) is 13.8. The second-order valence-electron chi connectivity index (χ2n) is 6.32. The van der Waals surface area contributed by atoms with Crippen LogP contribution in [0, 0.1) is 0 Å². The Balaban J connectivity index is 1.92. The lowest BCUT2D eigenvalue weighted by Crippen LogP contribution is -2.44. The van der Waals surface area contributed by atoms with E-state index in [-0.39, 0.29) is 18.2 Å². The Morgan fingerprint density at radius 3 is 2.58 bits per heavy atom. The number of hydrogen-bond donors (Lipinski definition) is 1. The summed E-state index contributed by atoms with van der Waals surface area (Å²) < 4.78 is 38.4. The molecule has 2 rings (SSSR count). The van der Waals surface area contributed by atoms with Gasteiger partial charge in [-0.15, -0.1) is 0 Å². The van der Waals surface area contributed by atoms with Gasteiger partial charge in [0.2, 0.25) is 5.91 Å². The minimum Gasteiger partial charge on any atom is -0.385 e. The lowest BCUT2D eigenvalue weighted by Gasteiger charge is -2.35. The van der Waals surface area contributed by atoms with Crippen LogP contribution >= 0.6 is 0 Å². The molecule has 1 aliphatic rings. The van der Waals surface area contributed by atoms with E-state index < -0.39 is 18.8 Å². The van der Waals surface area contributed by atoms with E-state index in [9.17, 15) is 23.1 Å². The molecule has 1 amide bonds. The first-order chi connectivity index (χ1) is 11.2. The van der Waals surface area contributed by atoms with Crippen molar-refractivity contribution in [2.75, 3.05) is 27.2 Å². The van der Waals surface area contributed by atoms with Gasteiger partial charge in [-0.1, -0.05) is 0 Å². The third-order valence-corrected chi connectivity index (χ3v) is 4.31. The lowest BCUT2D eigenvalue weighted by molar-refractivity contribution is -0.141. The molecule has 1 fully saturated rings. The maximum Gasteiger partial charge on any atom is 0.406 e. The SMILES string of the molecule is CN(C)C1CCN(C(=O)C[C@H](O)c2nccn2CC(F)(F)F)CC1. The number of carbonyl (C=O) groups excluding carboxylic acids is 1. The number of aliphatic hydroxyl groups is 1. The molecule has 6 nitrogen and oxygen atoms in total. The van der Waals surface area contributed by atoms with Crippen molar-refractivity contribution in [3.05, 3.63) is 18.2 Å². The second kappa shape index (κ2) is 7.52. The monoisotopic (exact) mass is 348 g/mol. The van der Waals surface area contributed by atoms with E-state index in [1.54, 1.807) is 4.90 Å². The molecule has 136 valence electrons. The number of nitrogens with zero attached hydrogens (tertiary/aromatic N) is 4. The topological polar surface area (TPSA) is 61.6 Å². The summed E-state index contributed by atoms with van der Waals surface area (Å²) in [5.74, 6) is -0.398. The zero-order chi connectivity index (χ0) is 17.9. The summed E-state index contributed by atoms with van der Waals surface area (Å²) in [5.41, 5.74) is 0. The highest BCUT2D eigenvalue weighted by molar-refractivity contribution is 5.76. The minimum absolute atomic E-state index is 0.135. The highest BCUT2D eigenvalue weighted by Gasteiger charge is 2.31. The molecule has 0 radical (unpaired) electrons. The number of piperidine rings is 1. The molecule has 0 aromatic carbocycles. The fourth-order valence-corrected chi connectivity index (χ4v) is 2.96. The van der Waals surface area contributed by atoms with Crippen LogP contribution in [0.1, 0.15) is 31.2 Å². The predicted molar refractivity (Wildman–Crippen MR) is 81.1 cm³/mol. The van der Waals surface area contributed by atoms with Crippen LogP contribution < -0.4 is 0 Å². The van der Waals surface area contributed by atoms with Crippen LogP contribution in [0.2, 0.25) is 0 Å². The normalized spacial score (nSPS) is 18.2. The predicted octanol–water partition coefficient (Wildman–Crippen LogP) is 1.42. The number of carbonyl (C=O) groups is 1. The number of alkyl halides is 3. The summed E-state index contributed by atoms with van der Waals surface area (Å²) in [4.78, 5) is 19.8. The van der Waals surface area contributed by atoms with Gasteiger partial charge in [0.15, 0.2) is 0 Å². The molecule has 1 aromatic rings. The Morgan fingerprint density at radius 1 is 1.42 bits per heavy atom. The van der Waals surface area contributed by atoms with Crippen LogP contribution in [0.25, 0.3) is 0 Å². The van der Waals surface area contributed by atoms with Gasteiger partial charge in [-0.25, -0.2) is 4.98 Å². The van der Waals surface area contributed by atoms with Crippen molar-refractivity contribution in [1.29, 1.82) is 0 Å². The first-order valence-electron chi connectivity index (χ1n) is 7.87. The third kappa shape index (κ3) is 4.94. The van der Waals surface area contributed by atoms with Gasteiger partial charge in [0, 0.05) is 31.5 Å². The molecule has 1 N–H and O–H groups in total. The molecule has 0 spiro atoms. The van der Waals surface area contributed by atoms with Crippen LogP contribution in [-0.4, -0.2) is 69.8 Å². The van der Waals surface area contributed by atoms with Crippen LogP contribution in [0.4, 0.5) is 13.2 Å². The van der Waals surface area contributed by atoms with Crippen LogP contribution in [-0.2, 0) is 11.3 Å². The van der Waals surface area contributed by atoms with Crippen molar-refractivity contribution in [1.82, 2.24) is 19.4 Å². The number of likely N-dealkylation sites (tertiary alicyclic amines) is 1. The summed E-state index contributed by atoms with van der Waals surface area (Å²) >= 11 is 0. The Bertz CT molecular complexity index is 551. The van der Waals surface area contributed by atoms with Gasteiger partial charge in [-0.3, -0.25) is 4.79 Å². The molecule has 1 atom stereocenters. The van der Waals surface area contributed by atoms with Crippen LogP contribution in [0.3, 0.4) is 0 Å². The van der Waals surface area contributed by atoms with E-state index in [1.807, 2.05) is 14.1 Å². The molecule has 0 saturated carbocycles. The van der Waals surface area contributed by atoms with Crippen molar-refractivity contribution in [2.45, 2.75) is 44.1 Å². The quantitative estimate of drug-likeness (QED) is 0.874. The lowest BCUT2D eigenvalue weighted by atomic mass is 10.0. The Hall–Kier alpha value is -1.61. The van der Waals surface area contributed by atoms with E-state index in [4.69, 9.17) is 0 Å². The first-order valence-corrected chi connectivity index (χ1v) is 7.87. The smallest absolute Gasteiger partial charge is 0.385 e. The average molecular weight is 348 g/mol. The Morgan fingerprint density at radius 2 is 2.04 bits per heavy atom. The van der Waals surface area contributed by atoms with E-state index in [2.05, 4.69) is 9.88 Å². The average Bonchev–Trinajstić information content (AvgIpc) is 2.93. The Kier molecular flexibility index (Phi) is 5.87.